The van der Waals surface area contributed by atoms with Gasteiger partial charge in [0, 0.05) is 53.6 Å². The number of fused-ring (bicyclic) bond motifs is 2. The second-order valence-electron chi connectivity index (χ2n) is 8.01. The lowest BCUT2D eigenvalue weighted by Crippen LogP contribution is -2.35. The monoisotopic (exact) mass is 459 g/mol. The number of ether oxygens (including phenoxy) is 1. The summed E-state index contributed by atoms with van der Waals surface area (Å²) in [5.74, 6) is 0.465. The van der Waals surface area contributed by atoms with E-state index in [2.05, 4.69) is 15.4 Å². The molecule has 2 aromatic carbocycles. The van der Waals surface area contributed by atoms with Crippen LogP contribution in [-0.4, -0.2) is 63.4 Å². The van der Waals surface area contributed by atoms with Crippen molar-refractivity contribution < 1.29 is 14.3 Å². The Labute approximate surface area is 188 Å². The normalized spacial score (nSPS) is 20.3. The molecule has 2 atom stereocenters. The summed E-state index contributed by atoms with van der Waals surface area (Å²) in [6.45, 7) is 2.50. The zero-order valence-corrected chi connectivity index (χ0v) is 17.9. The van der Waals surface area contributed by atoms with Crippen molar-refractivity contribution in [2.24, 2.45) is 11.8 Å². The summed E-state index contributed by atoms with van der Waals surface area (Å²) >= 11 is 12.0. The van der Waals surface area contributed by atoms with E-state index in [0.717, 1.165) is 11.1 Å². The molecule has 1 aromatic heterocycles. The third kappa shape index (κ3) is 4.05. The minimum Gasteiger partial charge on any atom is -0.445 e. The van der Waals surface area contributed by atoms with Crippen LogP contribution in [0.4, 0.5) is 4.79 Å². The molecule has 0 radical (unpaired) electrons. The lowest BCUT2D eigenvalue weighted by atomic mass is 10.0. The van der Waals surface area contributed by atoms with Crippen LogP contribution >= 0.6 is 23.2 Å². The van der Waals surface area contributed by atoms with Crippen molar-refractivity contribution in [3.8, 4) is 0 Å². The van der Waals surface area contributed by atoms with Gasteiger partial charge >= 0.3 is 6.09 Å². The number of halogens is 2. The average molecular weight is 460 g/mol. The number of nitrogens with zero attached hydrogens (tertiary/aromatic N) is 4. The zero-order valence-electron chi connectivity index (χ0n) is 16.4. The van der Waals surface area contributed by atoms with Gasteiger partial charge in [0.15, 0.2) is 0 Å². The Hall–Kier alpha value is -2.84. The van der Waals surface area contributed by atoms with E-state index in [0.29, 0.717) is 47.3 Å². The quantitative estimate of drug-likeness (QED) is 0.645. The maximum Gasteiger partial charge on any atom is 0.410 e. The van der Waals surface area contributed by atoms with Gasteiger partial charge in [0.05, 0.1) is 5.52 Å². The van der Waals surface area contributed by atoms with Gasteiger partial charge < -0.3 is 14.5 Å². The number of carbonyl (C=O) groups is 2. The van der Waals surface area contributed by atoms with Crippen LogP contribution in [0.3, 0.4) is 0 Å². The smallest absolute Gasteiger partial charge is 0.410 e. The first-order valence-corrected chi connectivity index (χ1v) is 10.7. The highest BCUT2D eigenvalue weighted by Gasteiger charge is 2.43. The Balaban J connectivity index is 1.16. The van der Waals surface area contributed by atoms with Crippen molar-refractivity contribution in [3.05, 3.63) is 57.6 Å². The van der Waals surface area contributed by atoms with Crippen LogP contribution in [-0.2, 0) is 11.3 Å². The van der Waals surface area contributed by atoms with Gasteiger partial charge in [-0.25, -0.2) is 4.79 Å². The molecule has 2 aliphatic rings. The van der Waals surface area contributed by atoms with Crippen molar-refractivity contribution in [2.45, 2.75) is 6.61 Å². The fraction of sp³-hybridized carbons (Fsp3) is 0.333. The lowest BCUT2D eigenvalue weighted by molar-refractivity contribution is 0.0764. The number of benzene rings is 2. The van der Waals surface area contributed by atoms with E-state index in [1.807, 2.05) is 11.0 Å². The standard InChI is InChI=1S/C21H19Cl2N5O3/c22-16-3-12(4-17(23)6-16)11-31-21(30)28-9-14-7-27(8-15(14)10-28)20(29)13-1-2-18-19(5-13)25-26-24-18/h1-6,14-15H,7-11H2,(H,24,25,26)/t14-,15-/m1/s1. The molecule has 160 valence electrons. The Kier molecular flexibility index (Phi) is 5.19. The molecular formula is C21H19Cl2N5O3. The fourth-order valence-corrected chi connectivity index (χ4v) is 4.97. The molecule has 2 saturated heterocycles. The Morgan fingerprint density at radius 2 is 1.68 bits per heavy atom. The number of hydrogen-bond donors (Lipinski definition) is 1. The Morgan fingerprint density at radius 3 is 2.39 bits per heavy atom. The van der Waals surface area contributed by atoms with Crippen LogP contribution < -0.4 is 0 Å². The number of amides is 2. The summed E-state index contributed by atoms with van der Waals surface area (Å²) in [6, 6.07) is 10.4. The molecule has 0 bridgehead atoms. The van der Waals surface area contributed by atoms with Gasteiger partial charge in [0.25, 0.3) is 5.91 Å². The number of H-pyrrole nitrogens is 1. The first-order chi connectivity index (χ1) is 15.0. The first-order valence-electron chi connectivity index (χ1n) is 9.93. The second-order valence-corrected chi connectivity index (χ2v) is 8.88. The van der Waals surface area contributed by atoms with Gasteiger partial charge in [0.1, 0.15) is 12.1 Å². The van der Waals surface area contributed by atoms with E-state index in [4.69, 9.17) is 27.9 Å². The third-order valence-electron chi connectivity index (χ3n) is 5.89. The third-order valence-corrected chi connectivity index (χ3v) is 6.33. The molecule has 2 fully saturated rings. The van der Waals surface area contributed by atoms with Crippen LogP contribution in [0.25, 0.3) is 11.0 Å². The number of likely N-dealkylation sites (tertiary alicyclic amines) is 2. The SMILES string of the molecule is O=C(OCc1cc(Cl)cc(Cl)c1)N1C[C@H]2CN(C(=O)c3ccc4[nH]nnc4c3)C[C@@H]2C1. The van der Waals surface area contributed by atoms with E-state index < -0.39 is 0 Å². The highest BCUT2D eigenvalue weighted by molar-refractivity contribution is 6.34. The molecule has 2 amide bonds. The minimum absolute atomic E-state index is 0.0220. The molecule has 10 heteroatoms. The van der Waals surface area contributed by atoms with E-state index in [9.17, 15) is 9.59 Å². The first kappa shape index (κ1) is 20.1. The van der Waals surface area contributed by atoms with E-state index in [-0.39, 0.29) is 30.4 Å². The van der Waals surface area contributed by atoms with E-state index >= 15 is 0 Å². The number of carbonyl (C=O) groups excluding carboxylic acids is 2. The van der Waals surface area contributed by atoms with Gasteiger partial charge in [0.2, 0.25) is 0 Å². The van der Waals surface area contributed by atoms with E-state index in [1.54, 1.807) is 35.2 Å². The molecule has 2 aliphatic heterocycles. The molecule has 3 aromatic rings. The van der Waals surface area contributed by atoms with Gasteiger partial charge in [-0.3, -0.25) is 9.89 Å². The van der Waals surface area contributed by atoms with Crippen molar-refractivity contribution in [1.82, 2.24) is 25.2 Å². The summed E-state index contributed by atoms with van der Waals surface area (Å²) in [4.78, 5) is 29.0. The van der Waals surface area contributed by atoms with Gasteiger partial charge in [-0.15, -0.1) is 5.10 Å². The molecule has 3 heterocycles. The maximum absolute atomic E-state index is 12.9. The summed E-state index contributed by atoms with van der Waals surface area (Å²) in [5, 5.41) is 11.5. The number of nitrogens with one attached hydrogen (secondary N) is 1. The largest absolute Gasteiger partial charge is 0.445 e. The van der Waals surface area contributed by atoms with Crippen molar-refractivity contribution >= 4 is 46.2 Å². The predicted octanol–water partition coefficient (Wildman–Crippen LogP) is 3.61. The number of hydrogen-bond acceptors (Lipinski definition) is 5. The van der Waals surface area contributed by atoms with Crippen LogP contribution in [0.2, 0.25) is 10.0 Å². The molecule has 1 N–H and O–H groups in total. The number of rotatable bonds is 3. The molecule has 31 heavy (non-hydrogen) atoms. The van der Waals surface area contributed by atoms with Gasteiger partial charge in [-0.2, -0.15) is 0 Å². The summed E-state index contributed by atoms with van der Waals surface area (Å²) in [5.41, 5.74) is 2.80. The zero-order chi connectivity index (χ0) is 21.5. The van der Waals surface area contributed by atoms with Crippen molar-refractivity contribution in [2.75, 3.05) is 26.2 Å². The summed E-state index contributed by atoms with van der Waals surface area (Å²) in [7, 11) is 0. The predicted molar refractivity (Wildman–Crippen MR) is 115 cm³/mol. The van der Waals surface area contributed by atoms with E-state index in [1.165, 1.54) is 0 Å². The maximum atomic E-state index is 12.9. The minimum atomic E-state index is -0.361. The molecule has 5 rings (SSSR count). The number of aromatic nitrogens is 3. The van der Waals surface area contributed by atoms with Crippen molar-refractivity contribution in [1.29, 1.82) is 0 Å². The van der Waals surface area contributed by atoms with Crippen LogP contribution in [0.15, 0.2) is 36.4 Å². The van der Waals surface area contributed by atoms with Crippen molar-refractivity contribution in [3.63, 3.8) is 0 Å². The fourth-order valence-electron chi connectivity index (χ4n) is 4.40. The van der Waals surface area contributed by atoms with Crippen LogP contribution in [0, 0.1) is 11.8 Å². The van der Waals surface area contributed by atoms with Gasteiger partial charge in [-0.1, -0.05) is 28.4 Å². The molecule has 0 aliphatic carbocycles. The Morgan fingerprint density at radius 1 is 1.00 bits per heavy atom. The molecule has 0 saturated carbocycles. The second kappa shape index (κ2) is 8.01. The summed E-state index contributed by atoms with van der Waals surface area (Å²) < 4.78 is 5.44. The lowest BCUT2D eigenvalue weighted by Gasteiger charge is -2.21. The Bertz CT molecular complexity index is 1130. The van der Waals surface area contributed by atoms with Crippen LogP contribution in [0.5, 0.6) is 0 Å². The van der Waals surface area contributed by atoms with Gasteiger partial charge in [-0.05, 0) is 42.0 Å². The average Bonchev–Trinajstić information content (AvgIpc) is 3.44. The number of aromatic amines is 1. The topological polar surface area (TPSA) is 91.4 Å². The highest BCUT2D eigenvalue weighted by atomic mass is 35.5. The molecule has 0 unspecified atom stereocenters. The van der Waals surface area contributed by atoms with Crippen LogP contribution in [0.1, 0.15) is 15.9 Å². The summed E-state index contributed by atoms with van der Waals surface area (Å²) in [6.07, 6.45) is -0.361. The molecule has 8 nitrogen and oxygen atoms in total. The molecular weight excluding hydrogens is 441 g/mol. The molecule has 0 spiro atoms. The highest BCUT2D eigenvalue weighted by Crippen LogP contribution is 2.32.